The Hall–Kier alpha value is -1.62. The molecule has 1 aliphatic carbocycles. The van der Waals surface area contributed by atoms with Crippen molar-refractivity contribution in [3.05, 3.63) is 34.9 Å². The standard InChI is InChI=1S/C13H13NO/c1-2-9-3-6-11(7-12(9)8-14)13(15)10-4-5-10/h3,6-7,10H,2,4-5H2,1H3. The summed E-state index contributed by atoms with van der Waals surface area (Å²) >= 11 is 0. The van der Waals surface area contributed by atoms with Crippen molar-refractivity contribution >= 4 is 5.78 Å². The quantitative estimate of drug-likeness (QED) is 0.702. The number of rotatable bonds is 3. The van der Waals surface area contributed by atoms with Gasteiger partial charge in [0.2, 0.25) is 0 Å². The smallest absolute Gasteiger partial charge is 0.165 e. The highest BCUT2D eigenvalue weighted by Crippen LogP contribution is 2.32. The minimum atomic E-state index is 0.203. The summed E-state index contributed by atoms with van der Waals surface area (Å²) in [5.74, 6) is 0.429. The first-order valence-electron chi connectivity index (χ1n) is 5.33. The maximum atomic E-state index is 11.8. The van der Waals surface area contributed by atoms with Gasteiger partial charge < -0.3 is 0 Å². The number of hydrogen-bond acceptors (Lipinski definition) is 2. The van der Waals surface area contributed by atoms with E-state index in [1.165, 1.54) is 0 Å². The number of carbonyl (C=O) groups excluding carboxylic acids is 1. The number of ketones is 1. The van der Waals surface area contributed by atoms with Gasteiger partial charge in [0.15, 0.2) is 5.78 Å². The van der Waals surface area contributed by atoms with Crippen molar-refractivity contribution in [3.63, 3.8) is 0 Å². The molecule has 0 saturated heterocycles. The van der Waals surface area contributed by atoms with E-state index in [9.17, 15) is 4.79 Å². The molecule has 0 N–H and O–H groups in total. The Morgan fingerprint density at radius 3 is 2.80 bits per heavy atom. The molecule has 0 unspecified atom stereocenters. The molecule has 2 heteroatoms. The van der Waals surface area contributed by atoms with Crippen LogP contribution in [0.1, 0.15) is 41.3 Å². The van der Waals surface area contributed by atoms with E-state index in [4.69, 9.17) is 5.26 Å². The highest BCUT2D eigenvalue weighted by atomic mass is 16.1. The van der Waals surface area contributed by atoms with Gasteiger partial charge >= 0.3 is 0 Å². The van der Waals surface area contributed by atoms with E-state index >= 15 is 0 Å². The van der Waals surface area contributed by atoms with Gasteiger partial charge in [-0.2, -0.15) is 5.26 Å². The van der Waals surface area contributed by atoms with Crippen LogP contribution in [0.2, 0.25) is 0 Å². The van der Waals surface area contributed by atoms with Crippen LogP contribution in [0.15, 0.2) is 18.2 Å². The molecule has 1 fully saturated rings. The summed E-state index contributed by atoms with van der Waals surface area (Å²) in [4.78, 5) is 11.8. The van der Waals surface area contributed by atoms with Crippen LogP contribution in [0.25, 0.3) is 0 Å². The van der Waals surface area contributed by atoms with Crippen LogP contribution in [0, 0.1) is 17.2 Å². The largest absolute Gasteiger partial charge is 0.294 e. The van der Waals surface area contributed by atoms with Gasteiger partial charge in [-0.25, -0.2) is 0 Å². The lowest BCUT2D eigenvalue weighted by Gasteiger charge is -2.03. The molecule has 1 saturated carbocycles. The minimum absolute atomic E-state index is 0.203. The molecule has 2 nitrogen and oxygen atoms in total. The second-order valence-electron chi connectivity index (χ2n) is 3.98. The van der Waals surface area contributed by atoms with Gasteiger partial charge in [0.1, 0.15) is 0 Å². The number of carbonyl (C=O) groups is 1. The van der Waals surface area contributed by atoms with Crippen molar-refractivity contribution in [1.82, 2.24) is 0 Å². The third-order valence-corrected chi connectivity index (χ3v) is 2.84. The SMILES string of the molecule is CCc1ccc(C(=O)C2CC2)cc1C#N. The lowest BCUT2D eigenvalue weighted by molar-refractivity contribution is 0.0967. The zero-order valence-corrected chi connectivity index (χ0v) is 8.79. The van der Waals surface area contributed by atoms with Crippen molar-refractivity contribution in [2.75, 3.05) is 0 Å². The topological polar surface area (TPSA) is 40.9 Å². The van der Waals surface area contributed by atoms with Gasteiger partial charge in [0.05, 0.1) is 11.6 Å². The summed E-state index contributed by atoms with van der Waals surface area (Å²) in [6, 6.07) is 7.63. The molecule has 1 aromatic carbocycles. The predicted octanol–water partition coefficient (Wildman–Crippen LogP) is 2.71. The van der Waals surface area contributed by atoms with Crippen LogP contribution < -0.4 is 0 Å². The van der Waals surface area contributed by atoms with Gasteiger partial charge in [-0.05, 0) is 30.9 Å². The first-order valence-corrected chi connectivity index (χ1v) is 5.33. The number of aryl methyl sites for hydroxylation is 1. The Morgan fingerprint density at radius 1 is 1.53 bits per heavy atom. The molecule has 0 aromatic heterocycles. The molecule has 0 radical (unpaired) electrons. The van der Waals surface area contributed by atoms with Crippen molar-refractivity contribution < 1.29 is 4.79 Å². The monoisotopic (exact) mass is 199 g/mol. The molecule has 0 bridgehead atoms. The third-order valence-electron chi connectivity index (χ3n) is 2.84. The molecule has 1 aliphatic rings. The molecule has 15 heavy (non-hydrogen) atoms. The minimum Gasteiger partial charge on any atom is -0.294 e. The summed E-state index contributed by atoms with van der Waals surface area (Å²) < 4.78 is 0. The van der Waals surface area contributed by atoms with E-state index in [0.29, 0.717) is 11.1 Å². The van der Waals surface area contributed by atoms with Gasteiger partial charge in [-0.15, -0.1) is 0 Å². The molecule has 0 atom stereocenters. The number of benzene rings is 1. The number of hydrogen-bond donors (Lipinski definition) is 0. The zero-order chi connectivity index (χ0) is 10.8. The Balaban J connectivity index is 2.34. The number of nitrogens with zero attached hydrogens (tertiary/aromatic N) is 1. The molecule has 0 amide bonds. The van der Waals surface area contributed by atoms with E-state index in [2.05, 4.69) is 6.07 Å². The molecule has 0 spiro atoms. The number of Topliss-reactive ketones (excluding diaryl/α,β-unsaturated/α-hetero) is 1. The molecular formula is C13H13NO. The maximum Gasteiger partial charge on any atom is 0.165 e. The number of nitriles is 1. The average molecular weight is 199 g/mol. The van der Waals surface area contributed by atoms with E-state index in [-0.39, 0.29) is 11.7 Å². The average Bonchev–Trinajstić information content (AvgIpc) is 3.11. The zero-order valence-electron chi connectivity index (χ0n) is 8.79. The summed E-state index contributed by atoms with van der Waals surface area (Å²) in [6.07, 6.45) is 2.85. The fourth-order valence-corrected chi connectivity index (χ4v) is 1.72. The van der Waals surface area contributed by atoms with E-state index in [0.717, 1.165) is 24.8 Å². The van der Waals surface area contributed by atoms with Crippen LogP contribution in [0.5, 0.6) is 0 Å². The van der Waals surface area contributed by atoms with Gasteiger partial charge in [-0.1, -0.05) is 19.1 Å². The Kier molecular flexibility index (Phi) is 2.55. The van der Waals surface area contributed by atoms with Crippen LogP contribution >= 0.6 is 0 Å². The molecule has 2 rings (SSSR count). The van der Waals surface area contributed by atoms with Gasteiger partial charge in [-0.3, -0.25) is 4.79 Å². The maximum absolute atomic E-state index is 11.8. The van der Waals surface area contributed by atoms with Crippen molar-refractivity contribution in [3.8, 4) is 6.07 Å². The Morgan fingerprint density at radius 2 is 2.27 bits per heavy atom. The van der Waals surface area contributed by atoms with Crippen molar-refractivity contribution in [2.45, 2.75) is 26.2 Å². The highest BCUT2D eigenvalue weighted by Gasteiger charge is 2.30. The molecule has 0 aliphatic heterocycles. The Bertz CT molecular complexity index is 438. The van der Waals surface area contributed by atoms with Crippen LogP contribution in [0.4, 0.5) is 0 Å². The van der Waals surface area contributed by atoms with Crippen LogP contribution in [-0.2, 0) is 6.42 Å². The van der Waals surface area contributed by atoms with E-state index < -0.39 is 0 Å². The summed E-state index contributed by atoms with van der Waals surface area (Å²) in [5, 5.41) is 8.95. The molecule has 1 aromatic rings. The third kappa shape index (κ3) is 1.92. The fourth-order valence-electron chi connectivity index (χ4n) is 1.72. The van der Waals surface area contributed by atoms with E-state index in [1.54, 1.807) is 6.07 Å². The van der Waals surface area contributed by atoms with Crippen molar-refractivity contribution in [2.24, 2.45) is 5.92 Å². The first kappa shape index (κ1) is 9.92. The molecule has 76 valence electrons. The Labute approximate surface area is 89.5 Å². The first-order chi connectivity index (χ1) is 7.26. The van der Waals surface area contributed by atoms with Crippen molar-refractivity contribution in [1.29, 1.82) is 5.26 Å². The molecular weight excluding hydrogens is 186 g/mol. The lowest BCUT2D eigenvalue weighted by Crippen LogP contribution is -2.02. The predicted molar refractivity (Wildman–Crippen MR) is 57.6 cm³/mol. The second-order valence-corrected chi connectivity index (χ2v) is 3.98. The van der Waals surface area contributed by atoms with E-state index in [1.807, 2.05) is 19.1 Å². The van der Waals surface area contributed by atoms with Gasteiger partial charge in [0, 0.05) is 11.5 Å². The molecule has 0 heterocycles. The summed E-state index contributed by atoms with van der Waals surface area (Å²) in [7, 11) is 0. The van der Waals surface area contributed by atoms with Crippen LogP contribution in [0.3, 0.4) is 0 Å². The van der Waals surface area contributed by atoms with Crippen LogP contribution in [-0.4, -0.2) is 5.78 Å². The second kappa shape index (κ2) is 3.86. The van der Waals surface area contributed by atoms with Gasteiger partial charge in [0.25, 0.3) is 0 Å². The lowest BCUT2D eigenvalue weighted by atomic mass is 9.99. The summed E-state index contributed by atoms with van der Waals surface area (Å²) in [6.45, 7) is 2.01. The summed E-state index contributed by atoms with van der Waals surface area (Å²) in [5.41, 5.74) is 2.36. The normalized spacial score (nSPS) is 14.7. The highest BCUT2D eigenvalue weighted by molar-refractivity contribution is 5.99. The fraction of sp³-hybridized carbons (Fsp3) is 0.385.